The zero-order valence-electron chi connectivity index (χ0n) is 11.2. The number of aromatic nitrogens is 1. The summed E-state index contributed by atoms with van der Waals surface area (Å²) >= 11 is 5.02. The fourth-order valence-electron chi connectivity index (χ4n) is 1.90. The predicted octanol–water partition coefficient (Wildman–Crippen LogP) is 2.05. The van der Waals surface area contributed by atoms with E-state index in [0.29, 0.717) is 11.6 Å². The SMILES string of the molecule is Cc1nc(C)c(C(=O)NC(C(N)=S)c2ccccc2)o1. The summed E-state index contributed by atoms with van der Waals surface area (Å²) in [5.74, 6) is 0.240. The molecular formula is C14H15N3O2S. The topological polar surface area (TPSA) is 81.2 Å². The van der Waals surface area contributed by atoms with Gasteiger partial charge in [0.05, 0.1) is 5.69 Å². The molecule has 1 atom stereocenters. The van der Waals surface area contributed by atoms with Crippen molar-refractivity contribution in [2.45, 2.75) is 19.9 Å². The molecule has 2 rings (SSSR count). The van der Waals surface area contributed by atoms with Crippen molar-refractivity contribution in [3.8, 4) is 0 Å². The summed E-state index contributed by atoms with van der Waals surface area (Å²) in [6, 6.07) is 8.76. The van der Waals surface area contributed by atoms with Crippen molar-refractivity contribution in [3.05, 3.63) is 53.2 Å². The van der Waals surface area contributed by atoms with Crippen LogP contribution in [0.5, 0.6) is 0 Å². The lowest BCUT2D eigenvalue weighted by Gasteiger charge is -2.17. The molecule has 2 aromatic rings. The standard InChI is InChI=1S/C14H15N3O2S/c1-8-12(19-9(2)16-8)14(18)17-11(13(15)20)10-6-4-3-5-7-10/h3-7,11H,1-2H3,(H2,15,20)(H,17,18). The third-order valence-corrected chi connectivity index (χ3v) is 3.04. The fourth-order valence-corrected chi connectivity index (χ4v) is 2.10. The van der Waals surface area contributed by atoms with E-state index in [2.05, 4.69) is 10.3 Å². The van der Waals surface area contributed by atoms with Gasteiger partial charge in [-0.25, -0.2) is 4.98 Å². The van der Waals surface area contributed by atoms with Gasteiger partial charge in [0.2, 0.25) is 5.76 Å². The zero-order valence-corrected chi connectivity index (χ0v) is 12.0. The summed E-state index contributed by atoms with van der Waals surface area (Å²) in [6.45, 7) is 3.40. The number of benzene rings is 1. The Hall–Kier alpha value is -2.21. The summed E-state index contributed by atoms with van der Waals surface area (Å²) in [5, 5.41) is 2.76. The number of hydrogen-bond acceptors (Lipinski definition) is 4. The molecule has 0 aliphatic carbocycles. The summed E-state index contributed by atoms with van der Waals surface area (Å²) in [5.41, 5.74) is 7.07. The third-order valence-electron chi connectivity index (χ3n) is 2.80. The Morgan fingerprint density at radius 2 is 2.00 bits per heavy atom. The zero-order chi connectivity index (χ0) is 14.7. The highest BCUT2D eigenvalue weighted by Gasteiger charge is 2.22. The Balaban J connectivity index is 2.23. The molecule has 0 fully saturated rings. The van der Waals surface area contributed by atoms with Crippen LogP contribution in [0, 0.1) is 13.8 Å². The molecule has 20 heavy (non-hydrogen) atoms. The highest BCUT2D eigenvalue weighted by molar-refractivity contribution is 7.80. The van der Waals surface area contributed by atoms with Crippen LogP contribution in [0.3, 0.4) is 0 Å². The minimum atomic E-state index is -0.538. The maximum Gasteiger partial charge on any atom is 0.289 e. The molecule has 3 N–H and O–H groups in total. The number of carbonyl (C=O) groups is 1. The van der Waals surface area contributed by atoms with Gasteiger partial charge in [-0.2, -0.15) is 0 Å². The second kappa shape index (κ2) is 5.83. The third kappa shape index (κ3) is 3.03. The Kier molecular flexibility index (Phi) is 4.14. The van der Waals surface area contributed by atoms with Gasteiger partial charge in [0.1, 0.15) is 11.0 Å². The predicted molar refractivity (Wildman–Crippen MR) is 79.4 cm³/mol. The lowest BCUT2D eigenvalue weighted by molar-refractivity contribution is 0.0917. The lowest BCUT2D eigenvalue weighted by Crippen LogP contribution is -2.36. The van der Waals surface area contributed by atoms with Crippen molar-refractivity contribution in [2.75, 3.05) is 0 Å². The monoisotopic (exact) mass is 289 g/mol. The van der Waals surface area contributed by atoms with E-state index in [4.69, 9.17) is 22.4 Å². The molecule has 0 saturated heterocycles. The minimum Gasteiger partial charge on any atom is -0.436 e. The lowest BCUT2D eigenvalue weighted by atomic mass is 10.1. The smallest absolute Gasteiger partial charge is 0.289 e. The maximum absolute atomic E-state index is 12.2. The van der Waals surface area contributed by atoms with Crippen molar-refractivity contribution in [2.24, 2.45) is 5.73 Å². The molecule has 1 amide bonds. The normalized spacial score (nSPS) is 11.9. The highest BCUT2D eigenvalue weighted by Crippen LogP contribution is 2.15. The Morgan fingerprint density at radius 1 is 1.35 bits per heavy atom. The van der Waals surface area contributed by atoms with Gasteiger partial charge >= 0.3 is 0 Å². The molecule has 5 nitrogen and oxygen atoms in total. The van der Waals surface area contributed by atoms with Crippen LogP contribution in [0.1, 0.15) is 33.7 Å². The van der Waals surface area contributed by atoms with Gasteiger partial charge in [-0.1, -0.05) is 42.5 Å². The average Bonchev–Trinajstić information content (AvgIpc) is 2.75. The van der Waals surface area contributed by atoms with Crippen LogP contribution in [0.15, 0.2) is 34.7 Å². The number of nitrogens with two attached hydrogens (primary N) is 1. The van der Waals surface area contributed by atoms with E-state index < -0.39 is 6.04 Å². The second-order valence-electron chi connectivity index (χ2n) is 4.37. The van der Waals surface area contributed by atoms with Gasteiger partial charge in [-0.05, 0) is 12.5 Å². The van der Waals surface area contributed by atoms with E-state index in [1.807, 2.05) is 30.3 Å². The Morgan fingerprint density at radius 3 is 2.50 bits per heavy atom. The second-order valence-corrected chi connectivity index (χ2v) is 4.84. The number of rotatable bonds is 4. The first-order valence-electron chi connectivity index (χ1n) is 6.08. The molecule has 6 heteroatoms. The van der Waals surface area contributed by atoms with E-state index in [1.165, 1.54) is 0 Å². The Labute approximate surface area is 122 Å². The first kappa shape index (κ1) is 14.2. The van der Waals surface area contributed by atoms with Crippen molar-refractivity contribution < 1.29 is 9.21 Å². The molecule has 1 aromatic heterocycles. The van der Waals surface area contributed by atoms with Gasteiger partial charge in [0.15, 0.2) is 5.89 Å². The summed E-state index contributed by atoms with van der Waals surface area (Å²) in [6.07, 6.45) is 0. The molecule has 0 aliphatic heterocycles. The molecule has 1 heterocycles. The average molecular weight is 289 g/mol. The molecule has 104 valence electrons. The number of thiocarbonyl (C=S) groups is 1. The number of aryl methyl sites for hydroxylation is 2. The number of hydrogen-bond donors (Lipinski definition) is 2. The van der Waals surface area contributed by atoms with Crippen LogP contribution in [0.25, 0.3) is 0 Å². The number of nitrogens with one attached hydrogen (secondary N) is 1. The molecule has 0 spiro atoms. The molecule has 0 radical (unpaired) electrons. The van der Waals surface area contributed by atoms with Gasteiger partial charge < -0.3 is 15.5 Å². The Bertz CT molecular complexity index is 637. The highest BCUT2D eigenvalue weighted by atomic mass is 32.1. The molecule has 0 bridgehead atoms. The first-order valence-corrected chi connectivity index (χ1v) is 6.49. The van der Waals surface area contributed by atoms with Crippen LogP contribution in [-0.2, 0) is 0 Å². The summed E-state index contributed by atoms with van der Waals surface area (Å²) < 4.78 is 5.29. The largest absolute Gasteiger partial charge is 0.436 e. The van der Waals surface area contributed by atoms with Gasteiger partial charge in [0, 0.05) is 6.92 Å². The van der Waals surface area contributed by atoms with E-state index >= 15 is 0 Å². The van der Waals surface area contributed by atoms with Crippen molar-refractivity contribution in [3.63, 3.8) is 0 Å². The van der Waals surface area contributed by atoms with Gasteiger partial charge in [-0.3, -0.25) is 4.79 Å². The van der Waals surface area contributed by atoms with E-state index in [0.717, 1.165) is 5.56 Å². The van der Waals surface area contributed by atoms with Crippen molar-refractivity contribution in [1.29, 1.82) is 0 Å². The van der Waals surface area contributed by atoms with Crippen LogP contribution in [-0.4, -0.2) is 15.9 Å². The minimum absolute atomic E-state index is 0.180. The number of amides is 1. The van der Waals surface area contributed by atoms with Crippen LogP contribution in [0.4, 0.5) is 0 Å². The quantitative estimate of drug-likeness (QED) is 0.842. The van der Waals surface area contributed by atoms with E-state index in [9.17, 15) is 4.79 Å². The number of oxazole rings is 1. The van der Waals surface area contributed by atoms with Gasteiger partial charge in [-0.15, -0.1) is 0 Å². The summed E-state index contributed by atoms with van der Waals surface area (Å²) in [4.78, 5) is 16.5. The first-order chi connectivity index (χ1) is 9.49. The fraction of sp³-hybridized carbons (Fsp3) is 0.214. The van der Waals surface area contributed by atoms with Gasteiger partial charge in [0.25, 0.3) is 5.91 Å². The van der Waals surface area contributed by atoms with Crippen LogP contribution < -0.4 is 11.1 Å². The van der Waals surface area contributed by atoms with E-state index in [1.54, 1.807) is 13.8 Å². The van der Waals surface area contributed by atoms with Crippen molar-refractivity contribution >= 4 is 23.1 Å². The van der Waals surface area contributed by atoms with E-state index in [-0.39, 0.29) is 16.7 Å². The molecule has 0 aliphatic rings. The number of nitrogens with zero attached hydrogens (tertiary/aromatic N) is 1. The molecule has 1 aromatic carbocycles. The summed E-state index contributed by atoms with van der Waals surface area (Å²) in [7, 11) is 0. The molecule has 1 unspecified atom stereocenters. The maximum atomic E-state index is 12.2. The van der Waals surface area contributed by atoms with Crippen molar-refractivity contribution in [1.82, 2.24) is 10.3 Å². The van der Waals surface area contributed by atoms with Crippen LogP contribution >= 0.6 is 12.2 Å². The number of carbonyl (C=O) groups excluding carboxylic acids is 1. The molecular weight excluding hydrogens is 274 g/mol. The molecule has 0 saturated carbocycles. The van der Waals surface area contributed by atoms with Crippen LogP contribution in [0.2, 0.25) is 0 Å².